The molecular weight excluding hydrogens is 248 g/mol. The number of nitrogens with two attached hydrogens (primary N) is 1. The Bertz CT molecular complexity index is 592. The minimum absolute atomic E-state index is 0.0612. The molecule has 0 aliphatic rings. The van der Waals surface area contributed by atoms with Crippen LogP contribution in [0.15, 0.2) is 48.5 Å². The Morgan fingerprint density at radius 2 is 1.35 bits per heavy atom. The minimum atomic E-state index is 0.0612. The summed E-state index contributed by atoms with van der Waals surface area (Å²) in [4.78, 5) is 0. The lowest BCUT2D eigenvalue weighted by Gasteiger charge is -2.19. The number of amidine groups is 1. The van der Waals surface area contributed by atoms with Crippen molar-refractivity contribution < 1.29 is 4.74 Å². The van der Waals surface area contributed by atoms with Gasteiger partial charge in [-0.25, -0.2) is 0 Å². The van der Waals surface area contributed by atoms with Gasteiger partial charge in [0.2, 0.25) is 0 Å². The third-order valence-electron chi connectivity index (χ3n) is 3.12. The number of hydrogen-bond donors (Lipinski definition) is 2. The summed E-state index contributed by atoms with van der Waals surface area (Å²) in [5, 5.41) is 7.35. The first-order chi connectivity index (χ1) is 9.36. The van der Waals surface area contributed by atoms with E-state index in [-0.39, 0.29) is 11.3 Å². The molecule has 3 nitrogen and oxygen atoms in total. The third kappa shape index (κ3) is 3.38. The van der Waals surface area contributed by atoms with Crippen molar-refractivity contribution in [3.8, 4) is 11.5 Å². The lowest BCUT2D eigenvalue weighted by molar-refractivity contribution is 0.481. The van der Waals surface area contributed by atoms with E-state index in [2.05, 4.69) is 32.9 Å². The number of hydrogen-bond acceptors (Lipinski definition) is 2. The van der Waals surface area contributed by atoms with Crippen molar-refractivity contribution >= 4 is 5.84 Å². The summed E-state index contributed by atoms with van der Waals surface area (Å²) in [7, 11) is 0. The largest absolute Gasteiger partial charge is 0.457 e. The molecule has 2 rings (SSSR count). The predicted molar refractivity (Wildman–Crippen MR) is 82.7 cm³/mol. The zero-order valence-electron chi connectivity index (χ0n) is 12.1. The molecule has 0 spiro atoms. The molecule has 0 saturated heterocycles. The van der Waals surface area contributed by atoms with Crippen LogP contribution in [0.1, 0.15) is 31.9 Å². The van der Waals surface area contributed by atoms with Crippen LogP contribution in [0.25, 0.3) is 0 Å². The van der Waals surface area contributed by atoms with Crippen molar-refractivity contribution in [2.24, 2.45) is 5.73 Å². The Kier molecular flexibility index (Phi) is 3.79. The van der Waals surface area contributed by atoms with Gasteiger partial charge in [-0.3, -0.25) is 5.41 Å². The van der Waals surface area contributed by atoms with Crippen molar-refractivity contribution in [1.29, 1.82) is 5.41 Å². The lowest BCUT2D eigenvalue weighted by atomic mass is 9.87. The van der Waals surface area contributed by atoms with Gasteiger partial charge >= 0.3 is 0 Å². The number of benzene rings is 2. The third-order valence-corrected chi connectivity index (χ3v) is 3.12. The molecule has 104 valence electrons. The van der Waals surface area contributed by atoms with E-state index in [0.29, 0.717) is 5.56 Å². The fraction of sp³-hybridized carbons (Fsp3) is 0.235. The topological polar surface area (TPSA) is 59.1 Å². The smallest absolute Gasteiger partial charge is 0.127 e. The molecule has 0 aromatic heterocycles. The molecule has 0 heterocycles. The first-order valence-electron chi connectivity index (χ1n) is 6.59. The highest BCUT2D eigenvalue weighted by Crippen LogP contribution is 2.27. The summed E-state index contributed by atoms with van der Waals surface area (Å²) in [6.45, 7) is 6.55. The van der Waals surface area contributed by atoms with E-state index in [1.807, 2.05) is 24.3 Å². The highest BCUT2D eigenvalue weighted by Gasteiger charge is 2.13. The molecular formula is C17H20N2O. The van der Waals surface area contributed by atoms with Gasteiger partial charge in [-0.1, -0.05) is 32.9 Å². The van der Waals surface area contributed by atoms with Gasteiger partial charge in [-0.2, -0.15) is 0 Å². The van der Waals surface area contributed by atoms with Gasteiger partial charge in [0.25, 0.3) is 0 Å². The Balaban J connectivity index is 2.12. The maximum absolute atomic E-state index is 7.35. The molecule has 0 unspecified atom stereocenters. The number of nitrogen functional groups attached to an aromatic ring is 1. The van der Waals surface area contributed by atoms with Crippen molar-refractivity contribution in [3.63, 3.8) is 0 Å². The van der Waals surface area contributed by atoms with Crippen molar-refractivity contribution in [3.05, 3.63) is 59.7 Å². The fourth-order valence-electron chi connectivity index (χ4n) is 1.86. The average Bonchev–Trinajstić information content (AvgIpc) is 2.39. The van der Waals surface area contributed by atoms with Crippen LogP contribution in [0.2, 0.25) is 0 Å². The molecule has 0 atom stereocenters. The van der Waals surface area contributed by atoms with Crippen LogP contribution in [0.4, 0.5) is 0 Å². The molecule has 3 N–H and O–H groups in total. The fourth-order valence-corrected chi connectivity index (χ4v) is 1.86. The average molecular weight is 268 g/mol. The van der Waals surface area contributed by atoms with E-state index in [1.165, 1.54) is 5.56 Å². The quantitative estimate of drug-likeness (QED) is 0.651. The van der Waals surface area contributed by atoms with Crippen LogP contribution in [0.5, 0.6) is 11.5 Å². The molecule has 0 saturated carbocycles. The molecule has 2 aromatic carbocycles. The lowest BCUT2D eigenvalue weighted by Crippen LogP contribution is -2.10. The van der Waals surface area contributed by atoms with Crippen molar-refractivity contribution in [1.82, 2.24) is 0 Å². The Labute approximate surface area is 119 Å². The number of nitrogens with one attached hydrogen (secondary N) is 1. The molecule has 0 aliphatic heterocycles. The summed E-state index contributed by atoms with van der Waals surface area (Å²) >= 11 is 0. The SMILES string of the molecule is CC(C)(C)c1ccc(Oc2ccc(C(=N)N)cc2)cc1. The van der Waals surface area contributed by atoms with Gasteiger partial charge in [0, 0.05) is 5.56 Å². The van der Waals surface area contributed by atoms with E-state index in [9.17, 15) is 0 Å². The van der Waals surface area contributed by atoms with E-state index >= 15 is 0 Å². The van der Waals surface area contributed by atoms with Gasteiger partial charge in [0.15, 0.2) is 0 Å². The second kappa shape index (κ2) is 5.37. The van der Waals surface area contributed by atoms with Gasteiger partial charge in [0.1, 0.15) is 17.3 Å². The van der Waals surface area contributed by atoms with Crippen LogP contribution in [-0.2, 0) is 5.41 Å². The molecule has 20 heavy (non-hydrogen) atoms. The van der Waals surface area contributed by atoms with E-state index in [0.717, 1.165) is 11.5 Å². The molecule has 0 amide bonds. The second-order valence-corrected chi connectivity index (χ2v) is 5.81. The molecule has 0 bridgehead atoms. The van der Waals surface area contributed by atoms with Crippen LogP contribution in [0, 0.1) is 5.41 Å². The maximum atomic E-state index is 7.35. The molecule has 0 fully saturated rings. The standard InChI is InChI=1S/C17H20N2O/c1-17(2,3)13-6-10-15(11-7-13)20-14-8-4-12(5-9-14)16(18)19/h4-11H,1-3H3,(H3,18,19). The molecule has 2 aromatic rings. The summed E-state index contributed by atoms with van der Waals surface area (Å²) in [6, 6.07) is 15.3. The highest BCUT2D eigenvalue weighted by molar-refractivity contribution is 5.94. The van der Waals surface area contributed by atoms with Crippen LogP contribution in [-0.4, -0.2) is 5.84 Å². The molecule has 0 aliphatic carbocycles. The van der Waals surface area contributed by atoms with Gasteiger partial charge < -0.3 is 10.5 Å². The van der Waals surface area contributed by atoms with Crippen molar-refractivity contribution in [2.45, 2.75) is 26.2 Å². The van der Waals surface area contributed by atoms with Gasteiger partial charge in [0.05, 0.1) is 0 Å². The second-order valence-electron chi connectivity index (χ2n) is 5.81. The summed E-state index contributed by atoms with van der Waals surface area (Å²) in [5.74, 6) is 1.60. The van der Waals surface area contributed by atoms with Crippen LogP contribution >= 0.6 is 0 Å². The van der Waals surface area contributed by atoms with E-state index < -0.39 is 0 Å². The van der Waals surface area contributed by atoms with Gasteiger partial charge in [-0.05, 0) is 47.4 Å². The van der Waals surface area contributed by atoms with E-state index in [4.69, 9.17) is 15.9 Å². The van der Waals surface area contributed by atoms with Crippen LogP contribution < -0.4 is 10.5 Å². The molecule has 0 radical (unpaired) electrons. The first-order valence-corrected chi connectivity index (χ1v) is 6.59. The zero-order chi connectivity index (χ0) is 14.8. The number of rotatable bonds is 3. The monoisotopic (exact) mass is 268 g/mol. The van der Waals surface area contributed by atoms with Crippen molar-refractivity contribution in [2.75, 3.05) is 0 Å². The Morgan fingerprint density at radius 1 is 0.900 bits per heavy atom. The summed E-state index contributed by atoms with van der Waals surface area (Å²) < 4.78 is 5.77. The zero-order valence-corrected chi connectivity index (χ0v) is 12.1. The Hall–Kier alpha value is -2.29. The van der Waals surface area contributed by atoms with Crippen LogP contribution in [0.3, 0.4) is 0 Å². The maximum Gasteiger partial charge on any atom is 0.127 e. The van der Waals surface area contributed by atoms with Gasteiger partial charge in [-0.15, -0.1) is 0 Å². The first kappa shape index (κ1) is 14.1. The normalized spacial score (nSPS) is 11.2. The predicted octanol–water partition coefficient (Wildman–Crippen LogP) is 4.06. The Morgan fingerprint density at radius 3 is 1.75 bits per heavy atom. The minimum Gasteiger partial charge on any atom is -0.457 e. The summed E-state index contributed by atoms with van der Waals surface area (Å²) in [6.07, 6.45) is 0. The summed E-state index contributed by atoms with van der Waals surface area (Å²) in [5.41, 5.74) is 7.53. The molecule has 3 heteroatoms. The van der Waals surface area contributed by atoms with E-state index in [1.54, 1.807) is 12.1 Å². The highest BCUT2D eigenvalue weighted by atomic mass is 16.5. The number of ether oxygens (including phenoxy) is 1.